The minimum atomic E-state index is 0.169. The Morgan fingerprint density at radius 2 is 2.17 bits per heavy atom. The molecule has 2 unspecified atom stereocenters. The molecule has 3 nitrogen and oxygen atoms in total. The topological polar surface area (TPSA) is 34.4 Å². The molecule has 18 heavy (non-hydrogen) atoms. The monoisotopic (exact) mass is 251 g/mol. The van der Waals surface area contributed by atoms with Crippen molar-refractivity contribution >= 4 is 0 Å². The van der Waals surface area contributed by atoms with Gasteiger partial charge in [0.1, 0.15) is 5.76 Å². The fourth-order valence-corrected chi connectivity index (χ4v) is 3.10. The Kier molecular flexibility index (Phi) is 5.26. The van der Waals surface area contributed by atoms with Crippen molar-refractivity contribution in [3.63, 3.8) is 0 Å². The third-order valence-electron chi connectivity index (χ3n) is 3.96. The Hall–Kier alpha value is -0.800. The van der Waals surface area contributed by atoms with Crippen LogP contribution >= 0.6 is 0 Å². The van der Waals surface area contributed by atoms with Gasteiger partial charge in [0.15, 0.2) is 0 Å². The zero-order chi connectivity index (χ0) is 12.8. The lowest BCUT2D eigenvalue weighted by molar-refractivity contribution is -0.0211. The van der Waals surface area contributed by atoms with Crippen LogP contribution in [-0.4, -0.2) is 19.8 Å². The third kappa shape index (κ3) is 3.15. The molecule has 0 saturated heterocycles. The van der Waals surface area contributed by atoms with Gasteiger partial charge in [-0.25, -0.2) is 0 Å². The number of hydrogen-bond acceptors (Lipinski definition) is 3. The zero-order valence-corrected chi connectivity index (χ0v) is 11.5. The quantitative estimate of drug-likeness (QED) is 0.840. The second-order valence-electron chi connectivity index (χ2n) is 5.10. The van der Waals surface area contributed by atoms with E-state index in [1.54, 1.807) is 6.26 Å². The largest absolute Gasteiger partial charge is 0.468 e. The molecule has 1 saturated carbocycles. The molecule has 1 N–H and O–H groups in total. The number of furan rings is 1. The van der Waals surface area contributed by atoms with Gasteiger partial charge in [-0.3, -0.25) is 0 Å². The molecule has 2 rings (SSSR count). The van der Waals surface area contributed by atoms with Crippen molar-refractivity contribution < 1.29 is 9.15 Å². The molecule has 1 aliphatic rings. The van der Waals surface area contributed by atoms with Gasteiger partial charge in [-0.15, -0.1) is 0 Å². The second-order valence-corrected chi connectivity index (χ2v) is 5.10. The Balaban J connectivity index is 2.11. The maximum absolute atomic E-state index is 6.04. The van der Waals surface area contributed by atoms with Crippen LogP contribution in [0.25, 0.3) is 0 Å². The molecule has 1 heterocycles. The van der Waals surface area contributed by atoms with E-state index in [1.807, 2.05) is 19.2 Å². The first-order valence-corrected chi connectivity index (χ1v) is 7.19. The van der Waals surface area contributed by atoms with Crippen LogP contribution in [0.2, 0.25) is 0 Å². The van der Waals surface area contributed by atoms with E-state index in [0.29, 0.717) is 5.92 Å². The average Bonchev–Trinajstić information content (AvgIpc) is 2.94. The predicted octanol–water partition coefficient (Wildman–Crippen LogP) is 3.53. The van der Waals surface area contributed by atoms with Gasteiger partial charge in [0.05, 0.1) is 18.4 Å². The highest BCUT2D eigenvalue weighted by Gasteiger charge is 2.32. The standard InChI is InChI=1S/C15H25NO2/c1-3-17-15(12-8-5-4-6-9-12)14(16-2)13-10-7-11-18-13/h7,10-12,14-16H,3-6,8-9H2,1-2H3. The Labute approximate surface area is 110 Å². The summed E-state index contributed by atoms with van der Waals surface area (Å²) in [5.41, 5.74) is 0. The van der Waals surface area contributed by atoms with Crippen molar-refractivity contribution in [3.05, 3.63) is 24.2 Å². The van der Waals surface area contributed by atoms with Gasteiger partial charge in [-0.05, 0) is 44.9 Å². The van der Waals surface area contributed by atoms with Crippen LogP contribution in [0, 0.1) is 5.92 Å². The van der Waals surface area contributed by atoms with E-state index in [0.717, 1.165) is 12.4 Å². The molecule has 0 aliphatic heterocycles. The molecule has 1 aromatic rings. The molecule has 0 amide bonds. The summed E-state index contributed by atoms with van der Waals surface area (Å²) in [4.78, 5) is 0. The smallest absolute Gasteiger partial charge is 0.123 e. The first-order chi connectivity index (χ1) is 8.86. The van der Waals surface area contributed by atoms with E-state index in [9.17, 15) is 0 Å². The summed E-state index contributed by atoms with van der Waals surface area (Å²) in [6, 6.07) is 4.16. The number of nitrogens with one attached hydrogen (secondary N) is 1. The number of likely N-dealkylation sites (N-methyl/N-ethyl adjacent to an activating group) is 1. The lowest BCUT2D eigenvalue weighted by atomic mass is 9.82. The van der Waals surface area contributed by atoms with Crippen molar-refractivity contribution in [1.82, 2.24) is 5.32 Å². The molecular weight excluding hydrogens is 226 g/mol. The molecule has 0 radical (unpaired) electrons. The van der Waals surface area contributed by atoms with E-state index in [2.05, 4.69) is 12.2 Å². The highest BCUT2D eigenvalue weighted by molar-refractivity contribution is 5.07. The van der Waals surface area contributed by atoms with Gasteiger partial charge >= 0.3 is 0 Å². The first kappa shape index (κ1) is 13.6. The Morgan fingerprint density at radius 3 is 2.72 bits per heavy atom. The van der Waals surface area contributed by atoms with Crippen LogP contribution in [0.15, 0.2) is 22.8 Å². The van der Waals surface area contributed by atoms with Crippen molar-refractivity contribution in [2.24, 2.45) is 5.92 Å². The van der Waals surface area contributed by atoms with Gasteiger partial charge < -0.3 is 14.5 Å². The molecule has 0 bridgehead atoms. The van der Waals surface area contributed by atoms with Crippen LogP contribution in [0.4, 0.5) is 0 Å². The summed E-state index contributed by atoms with van der Waals surface area (Å²) in [5, 5.41) is 3.37. The van der Waals surface area contributed by atoms with Gasteiger partial charge in [-0.1, -0.05) is 19.3 Å². The maximum atomic E-state index is 6.04. The minimum absolute atomic E-state index is 0.169. The van der Waals surface area contributed by atoms with Crippen LogP contribution in [-0.2, 0) is 4.74 Å². The molecule has 1 aliphatic carbocycles. The van der Waals surface area contributed by atoms with Gasteiger partial charge in [0, 0.05) is 6.61 Å². The van der Waals surface area contributed by atoms with Crippen molar-refractivity contribution in [1.29, 1.82) is 0 Å². The maximum Gasteiger partial charge on any atom is 0.123 e. The van der Waals surface area contributed by atoms with E-state index in [-0.39, 0.29) is 12.1 Å². The summed E-state index contributed by atoms with van der Waals surface area (Å²) in [7, 11) is 1.99. The molecule has 2 atom stereocenters. The number of rotatable bonds is 6. The SMILES string of the molecule is CCOC(C1CCCCC1)C(NC)c1ccco1. The molecule has 0 spiro atoms. The first-order valence-electron chi connectivity index (χ1n) is 7.19. The average molecular weight is 251 g/mol. The van der Waals surface area contributed by atoms with Crippen LogP contribution in [0.3, 0.4) is 0 Å². The number of ether oxygens (including phenoxy) is 1. The van der Waals surface area contributed by atoms with Crippen molar-refractivity contribution in [2.75, 3.05) is 13.7 Å². The van der Waals surface area contributed by atoms with E-state index >= 15 is 0 Å². The van der Waals surface area contributed by atoms with Crippen LogP contribution in [0.1, 0.15) is 50.8 Å². The van der Waals surface area contributed by atoms with Crippen LogP contribution in [0.5, 0.6) is 0 Å². The van der Waals surface area contributed by atoms with E-state index in [4.69, 9.17) is 9.15 Å². The van der Waals surface area contributed by atoms with Gasteiger partial charge in [-0.2, -0.15) is 0 Å². The summed E-state index contributed by atoms with van der Waals surface area (Å²) in [5.74, 6) is 1.64. The molecule has 1 fully saturated rings. The molecular formula is C15H25NO2. The second kappa shape index (κ2) is 6.95. The Morgan fingerprint density at radius 1 is 1.39 bits per heavy atom. The van der Waals surface area contributed by atoms with Crippen LogP contribution < -0.4 is 5.32 Å². The van der Waals surface area contributed by atoms with Crippen molar-refractivity contribution in [3.8, 4) is 0 Å². The lowest BCUT2D eigenvalue weighted by Gasteiger charge is -2.34. The predicted molar refractivity (Wildman–Crippen MR) is 72.5 cm³/mol. The molecule has 3 heteroatoms. The fraction of sp³-hybridized carbons (Fsp3) is 0.733. The minimum Gasteiger partial charge on any atom is -0.468 e. The third-order valence-corrected chi connectivity index (χ3v) is 3.96. The highest BCUT2D eigenvalue weighted by atomic mass is 16.5. The summed E-state index contributed by atoms with van der Waals surface area (Å²) >= 11 is 0. The Bertz CT molecular complexity index is 317. The highest BCUT2D eigenvalue weighted by Crippen LogP contribution is 2.34. The van der Waals surface area contributed by atoms with Crippen molar-refractivity contribution in [2.45, 2.75) is 51.2 Å². The molecule has 1 aromatic heterocycles. The molecule has 102 valence electrons. The summed E-state index contributed by atoms with van der Waals surface area (Å²) in [6.45, 7) is 2.84. The zero-order valence-electron chi connectivity index (χ0n) is 11.5. The molecule has 0 aromatic carbocycles. The summed E-state index contributed by atoms with van der Waals surface area (Å²) < 4.78 is 11.6. The lowest BCUT2D eigenvalue weighted by Crippen LogP contribution is -2.38. The summed E-state index contributed by atoms with van der Waals surface area (Å²) in [6.07, 6.45) is 8.58. The van der Waals surface area contributed by atoms with E-state index < -0.39 is 0 Å². The van der Waals surface area contributed by atoms with Gasteiger partial charge in [0.25, 0.3) is 0 Å². The fourth-order valence-electron chi connectivity index (χ4n) is 3.10. The normalized spacial score (nSPS) is 20.8. The number of hydrogen-bond donors (Lipinski definition) is 1. The van der Waals surface area contributed by atoms with Gasteiger partial charge in [0.2, 0.25) is 0 Å². The van der Waals surface area contributed by atoms with E-state index in [1.165, 1.54) is 32.1 Å².